The van der Waals surface area contributed by atoms with Crippen molar-refractivity contribution < 1.29 is 35.2 Å². The quantitative estimate of drug-likeness (QED) is 0.0506. The minimum absolute atomic E-state index is 0.0248. The number of piperidine rings is 3. The average molecular weight is 2110 g/mol. The van der Waals surface area contributed by atoms with Crippen molar-refractivity contribution in [1.82, 2.24) is 63.1 Å². The summed E-state index contributed by atoms with van der Waals surface area (Å²) in [4.78, 5) is 26.2. The van der Waals surface area contributed by atoms with Crippen LogP contribution in [0.1, 0.15) is 339 Å². The molecule has 7 heterocycles. The number of piperazine rings is 1. The number of imidazole rings is 2. The number of hydrogen-bond acceptors (Lipinski definition) is 15. The van der Waals surface area contributed by atoms with Gasteiger partial charge in [-0.2, -0.15) is 4.31 Å². The predicted molar refractivity (Wildman–Crippen MR) is 626 cm³/mol. The zero-order chi connectivity index (χ0) is 111. The summed E-state index contributed by atoms with van der Waals surface area (Å²) in [7, 11) is 0.965. The van der Waals surface area contributed by atoms with Gasteiger partial charge in [0.1, 0.15) is 0 Å². The lowest BCUT2D eigenvalue weighted by Crippen LogP contribution is -2.54. The second-order valence-electron chi connectivity index (χ2n) is 51.0. The first-order chi connectivity index (χ1) is 70.0. The number of likely N-dealkylation sites (N-methyl/N-ethyl adjacent to an activating group) is 1. The minimum atomic E-state index is -3.55. The number of likely N-dealkylation sites (tertiary alicyclic amines) is 1. The van der Waals surface area contributed by atoms with Crippen molar-refractivity contribution >= 4 is 36.0 Å². The smallest absolute Gasteiger partial charge is 0.251 e. The van der Waals surface area contributed by atoms with Crippen molar-refractivity contribution in [3.05, 3.63) is 292 Å². The van der Waals surface area contributed by atoms with Gasteiger partial charge in [-0.3, -0.25) is 9.69 Å². The number of aryl methyl sites for hydroxylation is 2. The van der Waals surface area contributed by atoms with E-state index in [0.29, 0.717) is 89.4 Å². The summed E-state index contributed by atoms with van der Waals surface area (Å²) in [6, 6.07) is 66.2. The summed E-state index contributed by atoms with van der Waals surface area (Å²) in [6.07, 6.45) is 22.1. The molecule has 6 atom stereocenters. The number of rotatable bonds is 19. The van der Waals surface area contributed by atoms with Crippen LogP contribution < -0.4 is 21.3 Å². The van der Waals surface area contributed by atoms with Crippen LogP contribution in [-0.2, 0) is 93.9 Å². The molecule has 1 aliphatic carbocycles. The van der Waals surface area contributed by atoms with E-state index in [1.807, 2.05) is 171 Å². The van der Waals surface area contributed by atoms with Gasteiger partial charge in [0, 0.05) is 134 Å². The van der Waals surface area contributed by atoms with Gasteiger partial charge >= 0.3 is 0 Å². The molecule has 6 fully saturated rings. The van der Waals surface area contributed by atoms with Crippen LogP contribution in [0.5, 0.6) is 0 Å². The molecule has 8 aromatic carbocycles. The number of hydrogen-bond donors (Lipinski definition) is 5. The first kappa shape index (κ1) is 125. The molecule has 6 aliphatic rings. The Balaban J connectivity index is 0.000000191. The molecule has 16 rings (SSSR count). The Kier molecular flexibility index (Phi) is 45.3. The van der Waals surface area contributed by atoms with E-state index in [1.54, 1.807) is 62.4 Å². The van der Waals surface area contributed by atoms with Crippen molar-refractivity contribution in [2.24, 2.45) is 31.8 Å². The number of aliphatic hydroxyl groups is 1. The summed E-state index contributed by atoms with van der Waals surface area (Å²) in [5.41, 5.74) is 18.6. The molecular weight excluding hydrogens is 1920 g/mol. The molecule has 5 aliphatic heterocycles. The molecule has 150 heavy (non-hydrogen) atoms. The topological polar surface area (TPSA) is 240 Å². The number of nitrogens with zero attached hydrogens (tertiary/aromatic N) is 9. The molecule has 0 spiro atoms. The second kappa shape index (κ2) is 54.5. The van der Waals surface area contributed by atoms with E-state index in [0.717, 1.165) is 79.3 Å². The summed E-state index contributed by atoms with van der Waals surface area (Å²) in [5, 5.41) is 23.3. The van der Waals surface area contributed by atoms with Crippen LogP contribution in [-0.4, -0.2) is 197 Å². The molecule has 1 saturated carbocycles. The third-order valence-corrected chi connectivity index (χ3v) is 35.5. The number of amides is 1. The molecule has 4 unspecified atom stereocenters. The van der Waals surface area contributed by atoms with Crippen LogP contribution in [0.15, 0.2) is 234 Å². The molecule has 21 nitrogen and oxygen atoms in total. The normalized spacial score (nSPS) is 19.1. The van der Waals surface area contributed by atoms with Gasteiger partial charge in [0.25, 0.3) is 5.91 Å². The molecule has 826 valence electrons. The molecule has 2 aromatic heterocycles. The van der Waals surface area contributed by atoms with E-state index in [-0.39, 0.29) is 61.9 Å². The molecule has 10 aromatic rings. The lowest BCUT2D eigenvalue weighted by molar-refractivity contribution is 0.0923. The second-order valence-corrected chi connectivity index (χ2v) is 56.9. The highest BCUT2D eigenvalue weighted by molar-refractivity contribution is 7.89. The number of carbonyl (C=O) groups excluding carboxylic acids is 1. The Morgan fingerprint density at radius 3 is 1.31 bits per heavy atom. The van der Waals surface area contributed by atoms with E-state index < -0.39 is 30.1 Å². The summed E-state index contributed by atoms with van der Waals surface area (Å²) in [6.45, 7) is 64.4. The summed E-state index contributed by atoms with van der Waals surface area (Å²) in [5.74, 6) is 2.42. The van der Waals surface area contributed by atoms with Crippen LogP contribution >= 0.6 is 0 Å². The first-order valence-corrected chi connectivity index (χ1v) is 59.4. The Labute approximate surface area is 908 Å². The molecule has 5 N–H and O–H groups in total. The fourth-order valence-electron chi connectivity index (χ4n) is 20.5. The highest BCUT2D eigenvalue weighted by Gasteiger charge is 2.39. The van der Waals surface area contributed by atoms with Crippen LogP contribution in [0, 0.1) is 17.8 Å². The fraction of sp³-hybridized carbons (Fsp3) is 0.563. The van der Waals surface area contributed by atoms with Crippen molar-refractivity contribution in [2.45, 2.75) is 332 Å². The molecule has 5 saturated heterocycles. The number of aliphatic hydroxyl groups excluding tert-OH is 1. The monoisotopic (exact) mass is 2110 g/mol. The lowest BCUT2D eigenvalue weighted by atomic mass is 9.77. The van der Waals surface area contributed by atoms with Gasteiger partial charge in [0.2, 0.25) is 30.1 Å². The molecule has 0 bridgehead atoms. The summed E-state index contributed by atoms with van der Waals surface area (Å²) < 4.78 is 86.2. The largest absolute Gasteiger partial charge is 0.395 e. The van der Waals surface area contributed by atoms with Gasteiger partial charge in [-0.15, -0.1) is 0 Å². The van der Waals surface area contributed by atoms with Crippen molar-refractivity contribution in [3.63, 3.8) is 0 Å². The van der Waals surface area contributed by atoms with Crippen molar-refractivity contribution in [2.75, 3.05) is 113 Å². The zero-order valence-corrected chi connectivity index (χ0v) is 100. The van der Waals surface area contributed by atoms with E-state index in [2.05, 4.69) is 257 Å². The highest BCUT2D eigenvalue weighted by atomic mass is 32.2. The number of nitrogens with one attached hydrogen (secondary N) is 4. The Morgan fingerprint density at radius 1 is 0.453 bits per heavy atom. The predicted octanol–water partition coefficient (Wildman–Crippen LogP) is 24.6. The van der Waals surface area contributed by atoms with Gasteiger partial charge < -0.3 is 40.4 Å². The Bertz CT molecular complexity index is 6160. The van der Waals surface area contributed by atoms with Crippen LogP contribution in [0.3, 0.4) is 0 Å². The summed E-state index contributed by atoms with van der Waals surface area (Å²) >= 11 is 0. The van der Waals surface area contributed by atoms with E-state index in [4.69, 9.17) is 0 Å². The SMILES string of the molecule is CC(C)(C)c1ccccc1[C@@H]1CCCCN1.CC(C)(C)c1ccccc1[C@H]1CCCCN1.CC1CNCC(c2ccccc2C(C)(C)C)C1.CN(CC1CCC1)S(=O)(=O)c1ccccc1C(C)(C)C.CN1CCC(CN(C)S(=O)(=O)c2ccccc2C(C)(C)C)C1.CN1CCN(S(=O)(=O)c2ccccc2C(C)(C)C)CC1CO.Cn1cnc(-c2cccc(C(C)(C)C)c2)c1.Cn1cncc1CCNC(=O)c1cccc(C(C)(C)C)c1. The van der Waals surface area contributed by atoms with Gasteiger partial charge in [0.05, 0.1) is 39.6 Å². The maximum absolute atomic E-state index is 13.0. The molecular formula is C126H191N13O8S3. The van der Waals surface area contributed by atoms with Crippen LogP contribution in [0.2, 0.25) is 0 Å². The number of aromatic nitrogens is 4. The molecule has 1 amide bonds. The highest BCUT2D eigenvalue weighted by Crippen LogP contribution is 2.41. The van der Waals surface area contributed by atoms with Crippen LogP contribution in [0.4, 0.5) is 0 Å². The fourth-order valence-corrected chi connectivity index (χ4v) is 25.7. The third-order valence-electron chi connectivity index (χ3n) is 29.8. The average Bonchev–Trinajstić information content (AvgIpc) is 1.01. The van der Waals surface area contributed by atoms with Crippen molar-refractivity contribution in [3.8, 4) is 11.3 Å². The minimum Gasteiger partial charge on any atom is -0.395 e. The van der Waals surface area contributed by atoms with Gasteiger partial charge in [-0.1, -0.05) is 350 Å². The van der Waals surface area contributed by atoms with Gasteiger partial charge in [-0.25, -0.2) is 43.8 Å². The van der Waals surface area contributed by atoms with Gasteiger partial charge in [-0.05, 0) is 256 Å². The number of benzene rings is 8. The number of sulfonamides is 3. The maximum atomic E-state index is 13.0. The maximum Gasteiger partial charge on any atom is 0.251 e. The Morgan fingerprint density at radius 2 is 0.893 bits per heavy atom. The third kappa shape index (κ3) is 36.4. The van der Waals surface area contributed by atoms with Gasteiger partial charge in [0.15, 0.2) is 0 Å². The van der Waals surface area contributed by atoms with Crippen LogP contribution in [0.25, 0.3) is 11.3 Å². The zero-order valence-electron chi connectivity index (χ0n) is 97.6. The first-order valence-electron chi connectivity index (χ1n) is 55.1. The molecule has 0 radical (unpaired) electrons. The van der Waals surface area contributed by atoms with Crippen molar-refractivity contribution in [1.29, 1.82) is 0 Å². The molecule has 24 heteroatoms. The van der Waals surface area contributed by atoms with E-state index in [1.165, 1.54) is 128 Å². The van der Waals surface area contributed by atoms with E-state index >= 15 is 0 Å². The number of carbonyl (C=O) groups is 1. The van der Waals surface area contributed by atoms with E-state index in [9.17, 15) is 35.2 Å². The lowest BCUT2D eigenvalue weighted by Gasteiger charge is -2.38. The Hall–Kier alpha value is -8.86. The standard InChI is InChI=1S/C17H23N3O.C17H28N2O2S.C16H26N2O3S.C16H25NO2S.C16H25N.2C15H23N.C14H18N2/c1-17(2,3)14-7-5-6-13(10-14)16(21)19-9-8-15-11-18-12-20(15)4;1-17(2,3)15-8-6-7-9-16(15)22(20,21)19(5)13-14-10-11-18(4)12-14;1-16(2,3)14-7-5-6-8-15(14)22(20,21)18-10-9-17(4)13(11-18)12-19;1-16(2,3)14-10-5-6-11-15(14)20(18,19)17(4)12-13-8-7-9-13;1-12-9-13(11-17-10-12)14-7-5-6-8-15(14)16(2,3)4;2*1-15(2,3)13-9-5-4-8-12(13)14-10-6-7-11-16-14;1-14(2,3)12-7-5-6-11(8-12)13-9-16(4)10-15-13/h5-7,10-12H,8-9H2,1-4H3,(H,19,21);6-9,14H,10-13H2,1-5H3;5-8,13,19H,9-12H2,1-4H3;5-6,10-11,13H,7-9,12H2,1-4H3;5-8,12-13,17H,9-11H2,1-4H3;2*4-5,8-9,14,16H,6-7,10-11H2,1-3H3;5-10H,1-4H3/t;;;;;2*14-;/m.....10./s1.